The molecule has 0 N–H and O–H groups in total. The predicted octanol–water partition coefficient (Wildman–Crippen LogP) is 2.08. The summed E-state index contributed by atoms with van der Waals surface area (Å²) in [5.41, 5.74) is 1.18. The first-order valence-electron chi connectivity index (χ1n) is 7.26. The molecule has 22 heavy (non-hydrogen) atoms. The van der Waals surface area contributed by atoms with Crippen LogP contribution >= 0.6 is 0 Å². The van der Waals surface area contributed by atoms with E-state index in [4.69, 9.17) is 9.31 Å². The van der Waals surface area contributed by atoms with Crippen LogP contribution in [-0.2, 0) is 9.31 Å². The number of hydrogen-bond acceptors (Lipinski definition) is 4. The number of hydrogen-bond donors (Lipinski definition) is 0. The quantitative estimate of drug-likeness (QED) is 0.487. The van der Waals surface area contributed by atoms with E-state index in [2.05, 4.69) is 11.1 Å². The molecule has 1 saturated heterocycles. The molecular weight excluding hydrogens is 277 g/mol. The summed E-state index contributed by atoms with van der Waals surface area (Å²) in [5.74, 6) is 0. The minimum atomic E-state index is -0.469. The number of benzene rings is 1. The Morgan fingerprint density at radius 1 is 1.18 bits per heavy atom. The molecule has 0 amide bonds. The van der Waals surface area contributed by atoms with Crippen molar-refractivity contribution in [3.05, 3.63) is 23.8 Å². The summed E-state index contributed by atoms with van der Waals surface area (Å²) in [5, 5.41) is 9.34. The maximum Gasteiger partial charge on any atom is 0.494 e. The lowest BCUT2D eigenvalue weighted by Crippen LogP contribution is -2.41. The molecule has 6 heteroatoms. The highest BCUT2D eigenvalue weighted by molar-refractivity contribution is 6.62. The van der Waals surface area contributed by atoms with E-state index in [0.29, 0.717) is 11.3 Å². The SMILES string of the molecule is CN(C)/C=N/c1ccc(B2OC(C)(C)C(C)(C)O2)cc1C#N. The molecule has 1 aliphatic heterocycles. The van der Waals surface area contributed by atoms with E-state index in [9.17, 15) is 5.26 Å². The average Bonchev–Trinajstić information content (AvgIpc) is 2.65. The minimum Gasteiger partial charge on any atom is -0.399 e. The van der Waals surface area contributed by atoms with Gasteiger partial charge in [-0.15, -0.1) is 0 Å². The molecule has 1 fully saturated rings. The van der Waals surface area contributed by atoms with Crippen molar-refractivity contribution in [3.8, 4) is 6.07 Å². The summed E-state index contributed by atoms with van der Waals surface area (Å²) in [6, 6.07) is 7.68. The smallest absolute Gasteiger partial charge is 0.399 e. The van der Waals surface area contributed by atoms with Gasteiger partial charge in [0.2, 0.25) is 0 Å². The zero-order valence-electron chi connectivity index (χ0n) is 14.0. The lowest BCUT2D eigenvalue weighted by atomic mass is 9.78. The lowest BCUT2D eigenvalue weighted by Gasteiger charge is -2.32. The van der Waals surface area contributed by atoms with Crippen molar-refractivity contribution in [2.24, 2.45) is 4.99 Å². The van der Waals surface area contributed by atoms with Crippen LogP contribution in [0.3, 0.4) is 0 Å². The molecule has 5 nitrogen and oxygen atoms in total. The molecule has 116 valence electrons. The minimum absolute atomic E-state index is 0.397. The Labute approximate surface area is 132 Å². The second kappa shape index (κ2) is 5.75. The topological polar surface area (TPSA) is 57.9 Å². The number of rotatable bonds is 3. The summed E-state index contributed by atoms with van der Waals surface area (Å²) < 4.78 is 12.0. The van der Waals surface area contributed by atoms with Crippen molar-refractivity contribution in [2.75, 3.05) is 14.1 Å². The van der Waals surface area contributed by atoms with Gasteiger partial charge in [-0.05, 0) is 45.3 Å². The highest BCUT2D eigenvalue weighted by atomic mass is 16.7. The fraction of sp³-hybridized carbons (Fsp3) is 0.500. The van der Waals surface area contributed by atoms with Crippen LogP contribution in [0.25, 0.3) is 0 Å². The third kappa shape index (κ3) is 3.16. The molecule has 1 heterocycles. The number of nitriles is 1. The van der Waals surface area contributed by atoms with Crippen molar-refractivity contribution in [2.45, 2.75) is 38.9 Å². The van der Waals surface area contributed by atoms with E-state index in [-0.39, 0.29) is 0 Å². The van der Waals surface area contributed by atoms with Gasteiger partial charge < -0.3 is 14.2 Å². The van der Waals surface area contributed by atoms with Crippen molar-refractivity contribution >= 4 is 24.6 Å². The molecule has 0 spiro atoms. The van der Waals surface area contributed by atoms with Gasteiger partial charge in [-0.1, -0.05) is 6.07 Å². The maximum absolute atomic E-state index is 9.34. The van der Waals surface area contributed by atoms with Crippen molar-refractivity contribution < 1.29 is 9.31 Å². The summed E-state index contributed by atoms with van der Waals surface area (Å²) in [4.78, 5) is 6.12. The zero-order chi connectivity index (χ0) is 16.5. The average molecular weight is 299 g/mol. The van der Waals surface area contributed by atoms with Gasteiger partial charge >= 0.3 is 7.12 Å². The van der Waals surface area contributed by atoms with Gasteiger partial charge in [-0.3, -0.25) is 0 Å². The first-order chi connectivity index (χ1) is 10.2. The van der Waals surface area contributed by atoms with Gasteiger partial charge in [0.1, 0.15) is 6.07 Å². The summed E-state index contributed by atoms with van der Waals surface area (Å²) in [7, 11) is 3.30. The van der Waals surface area contributed by atoms with Crippen molar-refractivity contribution in [1.82, 2.24) is 4.90 Å². The molecule has 1 aliphatic rings. The molecule has 1 aromatic rings. The van der Waals surface area contributed by atoms with Crippen LogP contribution in [-0.4, -0.2) is 43.7 Å². The first kappa shape index (κ1) is 16.5. The van der Waals surface area contributed by atoms with E-state index in [0.717, 1.165) is 5.46 Å². The predicted molar refractivity (Wildman–Crippen MR) is 88.7 cm³/mol. The Morgan fingerprint density at radius 3 is 2.27 bits per heavy atom. The van der Waals surface area contributed by atoms with Crippen LogP contribution in [0.1, 0.15) is 33.3 Å². The molecule has 0 unspecified atom stereocenters. The Hall–Kier alpha value is -1.84. The second-order valence-corrected chi connectivity index (χ2v) is 6.68. The highest BCUT2D eigenvalue weighted by Gasteiger charge is 2.51. The van der Waals surface area contributed by atoms with Crippen LogP contribution in [0.15, 0.2) is 23.2 Å². The first-order valence-corrected chi connectivity index (χ1v) is 7.26. The molecule has 2 rings (SSSR count). The molecule has 0 radical (unpaired) electrons. The molecular formula is C16H22BN3O2. The van der Waals surface area contributed by atoms with Gasteiger partial charge in [0, 0.05) is 14.1 Å². The van der Waals surface area contributed by atoms with Crippen LogP contribution < -0.4 is 5.46 Å². The molecule has 0 saturated carbocycles. The van der Waals surface area contributed by atoms with Crippen LogP contribution in [0.4, 0.5) is 5.69 Å². The van der Waals surface area contributed by atoms with E-state index in [1.165, 1.54) is 0 Å². The van der Waals surface area contributed by atoms with Gasteiger partial charge in [0.05, 0.1) is 28.8 Å². The van der Waals surface area contributed by atoms with Gasteiger partial charge in [0.25, 0.3) is 0 Å². The fourth-order valence-corrected chi connectivity index (χ4v) is 2.06. The molecule has 0 atom stereocenters. The van der Waals surface area contributed by atoms with Crippen LogP contribution in [0.5, 0.6) is 0 Å². The normalized spacial score (nSPS) is 19.4. The highest BCUT2D eigenvalue weighted by Crippen LogP contribution is 2.36. The van der Waals surface area contributed by atoms with Crippen molar-refractivity contribution in [1.29, 1.82) is 5.26 Å². The van der Waals surface area contributed by atoms with Crippen LogP contribution in [0.2, 0.25) is 0 Å². The van der Waals surface area contributed by atoms with E-state index >= 15 is 0 Å². The third-order valence-electron chi connectivity index (χ3n) is 4.09. The Morgan fingerprint density at radius 2 is 1.77 bits per heavy atom. The summed E-state index contributed by atoms with van der Waals surface area (Å²) in [6.07, 6.45) is 1.67. The second-order valence-electron chi connectivity index (χ2n) is 6.68. The standard InChI is InChI=1S/C16H22BN3O2/c1-15(2)16(3,4)22-17(21-15)13-7-8-14(12(9-13)10-18)19-11-20(5)6/h7-9,11H,1-6H3/b19-11+. The van der Waals surface area contributed by atoms with Crippen LogP contribution in [0, 0.1) is 11.3 Å². The molecule has 0 aromatic heterocycles. The van der Waals surface area contributed by atoms with E-state index in [1.807, 2.05) is 58.8 Å². The number of aliphatic imine (C=N–C) groups is 1. The van der Waals surface area contributed by atoms with Gasteiger partial charge in [0.15, 0.2) is 0 Å². The summed E-state index contributed by atoms with van der Waals surface area (Å²) in [6.45, 7) is 8.03. The molecule has 1 aromatic carbocycles. The largest absolute Gasteiger partial charge is 0.494 e. The summed E-state index contributed by atoms with van der Waals surface area (Å²) >= 11 is 0. The Bertz CT molecular complexity index is 617. The van der Waals surface area contributed by atoms with Crippen molar-refractivity contribution in [3.63, 3.8) is 0 Å². The lowest BCUT2D eigenvalue weighted by molar-refractivity contribution is 0.00578. The molecule has 0 bridgehead atoms. The van der Waals surface area contributed by atoms with Gasteiger partial charge in [-0.25, -0.2) is 4.99 Å². The van der Waals surface area contributed by atoms with E-state index < -0.39 is 18.3 Å². The maximum atomic E-state index is 9.34. The van der Waals surface area contributed by atoms with Gasteiger partial charge in [-0.2, -0.15) is 5.26 Å². The Balaban J connectivity index is 2.30. The fourth-order valence-electron chi connectivity index (χ4n) is 2.06. The monoisotopic (exact) mass is 299 g/mol. The third-order valence-corrected chi connectivity index (χ3v) is 4.09. The van der Waals surface area contributed by atoms with E-state index in [1.54, 1.807) is 12.4 Å². The zero-order valence-corrected chi connectivity index (χ0v) is 14.0. The Kier molecular flexibility index (Phi) is 4.32. The molecule has 0 aliphatic carbocycles. The number of nitrogens with zero attached hydrogens (tertiary/aromatic N) is 3.